The first-order chi connectivity index (χ1) is 9.51. The van der Waals surface area contributed by atoms with Crippen molar-refractivity contribution in [3.05, 3.63) is 28.3 Å². The Balaban J connectivity index is 1.80. The first kappa shape index (κ1) is 13.9. The van der Waals surface area contributed by atoms with Gasteiger partial charge in [-0.15, -0.1) is 0 Å². The minimum absolute atomic E-state index is 0.0511. The average molecular weight is 275 g/mol. The van der Waals surface area contributed by atoms with E-state index < -0.39 is 0 Å². The van der Waals surface area contributed by atoms with Crippen molar-refractivity contribution in [3.8, 4) is 5.75 Å². The zero-order valence-corrected chi connectivity index (χ0v) is 12.9. The van der Waals surface area contributed by atoms with Gasteiger partial charge in [0, 0.05) is 25.6 Å². The Labute approximate surface area is 121 Å². The zero-order chi connectivity index (χ0) is 14.4. The predicted molar refractivity (Wildman–Crippen MR) is 80.1 cm³/mol. The standard InChI is InChI=1S/C17H25NO2/c1-10-5-17(20-4)12(3)11(2)14(10)8-18-7-13-6-16(19)15(13)9-18/h5,13,15-16,19H,6-9H2,1-4H3/t13-,15+,16-/m1/s1. The number of ether oxygens (including phenoxy) is 1. The molecule has 1 saturated carbocycles. The molecule has 3 rings (SSSR count). The van der Waals surface area contributed by atoms with Gasteiger partial charge in [-0.1, -0.05) is 0 Å². The molecule has 2 fully saturated rings. The van der Waals surface area contributed by atoms with E-state index in [9.17, 15) is 5.11 Å². The van der Waals surface area contributed by atoms with Gasteiger partial charge in [-0.3, -0.25) is 4.90 Å². The van der Waals surface area contributed by atoms with Gasteiger partial charge in [-0.2, -0.15) is 0 Å². The monoisotopic (exact) mass is 275 g/mol. The molecular formula is C17H25NO2. The molecule has 1 aromatic rings. The fourth-order valence-corrected chi connectivity index (χ4v) is 3.87. The van der Waals surface area contributed by atoms with Gasteiger partial charge in [-0.25, -0.2) is 0 Å². The van der Waals surface area contributed by atoms with E-state index in [1.807, 2.05) is 0 Å². The number of aryl methyl sites for hydroxylation is 1. The SMILES string of the molecule is COc1cc(C)c(CN2C[C@H]3C[C@@H](O)[C@H]3C2)c(C)c1C. The van der Waals surface area contributed by atoms with Crippen molar-refractivity contribution in [2.75, 3.05) is 20.2 Å². The van der Waals surface area contributed by atoms with E-state index in [1.54, 1.807) is 7.11 Å². The van der Waals surface area contributed by atoms with Crippen LogP contribution in [-0.4, -0.2) is 36.3 Å². The van der Waals surface area contributed by atoms with E-state index in [0.29, 0.717) is 5.92 Å². The van der Waals surface area contributed by atoms with Gasteiger partial charge in [0.2, 0.25) is 0 Å². The highest BCUT2D eigenvalue weighted by Crippen LogP contribution is 2.41. The minimum atomic E-state index is -0.0511. The van der Waals surface area contributed by atoms with Crippen LogP contribution in [0.2, 0.25) is 0 Å². The summed E-state index contributed by atoms with van der Waals surface area (Å²) in [7, 11) is 1.74. The number of likely N-dealkylation sites (tertiary alicyclic amines) is 1. The Morgan fingerprint density at radius 2 is 2.00 bits per heavy atom. The third-order valence-corrected chi connectivity index (χ3v) is 5.42. The normalized spacial score (nSPS) is 29.1. The van der Waals surface area contributed by atoms with Crippen molar-refractivity contribution in [2.45, 2.75) is 39.8 Å². The fourth-order valence-electron chi connectivity index (χ4n) is 3.87. The number of methoxy groups -OCH3 is 1. The van der Waals surface area contributed by atoms with Crippen molar-refractivity contribution in [1.29, 1.82) is 0 Å². The third-order valence-electron chi connectivity index (χ3n) is 5.42. The van der Waals surface area contributed by atoms with Crippen molar-refractivity contribution in [3.63, 3.8) is 0 Å². The Bertz CT molecular complexity index is 526. The third kappa shape index (κ3) is 2.13. The summed E-state index contributed by atoms with van der Waals surface area (Å²) in [6.45, 7) is 9.70. The molecule has 110 valence electrons. The van der Waals surface area contributed by atoms with E-state index in [4.69, 9.17) is 4.74 Å². The summed E-state index contributed by atoms with van der Waals surface area (Å²) in [6.07, 6.45) is 0.950. The lowest BCUT2D eigenvalue weighted by atomic mass is 9.74. The Morgan fingerprint density at radius 1 is 1.25 bits per heavy atom. The van der Waals surface area contributed by atoms with Crippen LogP contribution < -0.4 is 4.74 Å². The summed E-state index contributed by atoms with van der Waals surface area (Å²) in [5.41, 5.74) is 5.33. The van der Waals surface area contributed by atoms with Gasteiger partial charge in [0.1, 0.15) is 5.75 Å². The molecule has 0 aromatic heterocycles. The van der Waals surface area contributed by atoms with Gasteiger partial charge >= 0.3 is 0 Å². The maximum Gasteiger partial charge on any atom is 0.122 e. The van der Waals surface area contributed by atoms with E-state index in [-0.39, 0.29) is 6.10 Å². The van der Waals surface area contributed by atoms with Crippen LogP contribution in [0.5, 0.6) is 5.75 Å². The Kier molecular flexibility index (Phi) is 3.51. The van der Waals surface area contributed by atoms with Gasteiger partial charge in [0.25, 0.3) is 0 Å². The van der Waals surface area contributed by atoms with Crippen LogP contribution in [0.3, 0.4) is 0 Å². The number of nitrogens with zero attached hydrogens (tertiary/aromatic N) is 1. The lowest BCUT2D eigenvalue weighted by molar-refractivity contribution is -0.00435. The number of benzene rings is 1. The molecule has 3 nitrogen and oxygen atoms in total. The number of hydrogen-bond acceptors (Lipinski definition) is 3. The molecule has 0 bridgehead atoms. The molecule has 1 aliphatic carbocycles. The topological polar surface area (TPSA) is 32.7 Å². The summed E-state index contributed by atoms with van der Waals surface area (Å²) in [5, 5.41) is 9.78. The van der Waals surface area contributed by atoms with Gasteiger partial charge in [0.15, 0.2) is 0 Å². The maximum atomic E-state index is 9.78. The summed E-state index contributed by atoms with van der Waals surface area (Å²) < 4.78 is 5.44. The van der Waals surface area contributed by atoms with Gasteiger partial charge < -0.3 is 9.84 Å². The lowest BCUT2D eigenvalue weighted by Crippen LogP contribution is -2.39. The first-order valence-corrected chi connectivity index (χ1v) is 7.55. The van der Waals surface area contributed by atoms with Crippen LogP contribution in [0.25, 0.3) is 0 Å². The number of aliphatic hydroxyl groups is 1. The van der Waals surface area contributed by atoms with Crippen molar-refractivity contribution >= 4 is 0 Å². The molecule has 0 unspecified atom stereocenters. The highest BCUT2D eigenvalue weighted by atomic mass is 16.5. The molecular weight excluding hydrogens is 250 g/mol. The van der Waals surface area contributed by atoms with Gasteiger partial charge in [-0.05, 0) is 61.4 Å². The van der Waals surface area contributed by atoms with Crippen LogP contribution in [0.1, 0.15) is 28.7 Å². The molecule has 1 aromatic carbocycles. The van der Waals surface area contributed by atoms with Crippen LogP contribution >= 0.6 is 0 Å². The van der Waals surface area contributed by atoms with E-state index >= 15 is 0 Å². The smallest absolute Gasteiger partial charge is 0.122 e. The number of fused-ring (bicyclic) bond motifs is 1. The highest BCUT2D eigenvalue weighted by Gasteiger charge is 2.46. The summed E-state index contributed by atoms with van der Waals surface area (Å²) in [6, 6.07) is 2.15. The number of aliphatic hydroxyl groups excluding tert-OH is 1. The molecule has 1 heterocycles. The quantitative estimate of drug-likeness (QED) is 0.919. The van der Waals surface area contributed by atoms with Crippen LogP contribution in [0, 0.1) is 32.6 Å². The average Bonchev–Trinajstić information content (AvgIpc) is 2.75. The molecule has 20 heavy (non-hydrogen) atoms. The molecule has 1 N–H and O–H groups in total. The summed E-state index contributed by atoms with van der Waals surface area (Å²) in [4.78, 5) is 2.51. The lowest BCUT2D eigenvalue weighted by Gasteiger charge is -2.35. The first-order valence-electron chi connectivity index (χ1n) is 7.55. The van der Waals surface area contributed by atoms with Crippen LogP contribution in [-0.2, 0) is 6.54 Å². The maximum absolute atomic E-state index is 9.78. The molecule has 2 aliphatic rings. The summed E-state index contributed by atoms with van der Waals surface area (Å²) in [5.74, 6) is 2.24. The molecule has 1 aliphatic heterocycles. The molecule has 1 saturated heterocycles. The zero-order valence-electron chi connectivity index (χ0n) is 12.9. The molecule has 0 radical (unpaired) electrons. The second-order valence-electron chi connectivity index (χ2n) is 6.55. The predicted octanol–water partition coefficient (Wildman–Crippen LogP) is 2.43. The fraction of sp³-hybridized carbons (Fsp3) is 0.647. The minimum Gasteiger partial charge on any atom is -0.496 e. The van der Waals surface area contributed by atoms with E-state index in [1.165, 1.54) is 22.3 Å². The number of hydrogen-bond donors (Lipinski definition) is 1. The second-order valence-corrected chi connectivity index (χ2v) is 6.55. The van der Waals surface area contributed by atoms with Gasteiger partial charge in [0.05, 0.1) is 13.2 Å². The van der Waals surface area contributed by atoms with E-state index in [0.717, 1.165) is 37.7 Å². The van der Waals surface area contributed by atoms with Crippen molar-refractivity contribution in [2.24, 2.45) is 11.8 Å². The number of rotatable bonds is 3. The Hall–Kier alpha value is -1.06. The Morgan fingerprint density at radius 3 is 2.60 bits per heavy atom. The van der Waals surface area contributed by atoms with Crippen LogP contribution in [0.4, 0.5) is 0 Å². The largest absolute Gasteiger partial charge is 0.496 e. The molecule has 3 heteroatoms. The van der Waals surface area contributed by atoms with Crippen LogP contribution in [0.15, 0.2) is 6.07 Å². The van der Waals surface area contributed by atoms with E-state index in [2.05, 4.69) is 31.7 Å². The molecule has 0 spiro atoms. The summed E-state index contributed by atoms with van der Waals surface area (Å²) >= 11 is 0. The highest BCUT2D eigenvalue weighted by molar-refractivity contribution is 5.48. The second kappa shape index (κ2) is 5.05. The van der Waals surface area contributed by atoms with Crippen molar-refractivity contribution in [1.82, 2.24) is 4.90 Å². The van der Waals surface area contributed by atoms with Crippen molar-refractivity contribution < 1.29 is 9.84 Å². The molecule has 0 amide bonds. The molecule has 3 atom stereocenters.